The van der Waals surface area contributed by atoms with Crippen molar-refractivity contribution in [1.29, 1.82) is 0 Å². The predicted octanol–water partition coefficient (Wildman–Crippen LogP) is 2.10. The minimum Gasteiger partial charge on any atom is -0.486 e. The third kappa shape index (κ3) is 4.92. The van der Waals surface area contributed by atoms with E-state index in [0.717, 1.165) is 19.5 Å². The Kier molecular flexibility index (Phi) is 6.91. The molecule has 0 saturated carbocycles. The maximum absolute atomic E-state index is 13.6. The van der Waals surface area contributed by atoms with E-state index < -0.39 is 5.60 Å². The van der Waals surface area contributed by atoms with E-state index in [0.29, 0.717) is 67.4 Å². The number of aromatic nitrogens is 4. The van der Waals surface area contributed by atoms with Crippen molar-refractivity contribution in [2.45, 2.75) is 37.3 Å². The molecule has 7 rings (SSSR count). The van der Waals surface area contributed by atoms with Gasteiger partial charge in [-0.2, -0.15) is 5.10 Å². The fourth-order valence-electron chi connectivity index (χ4n) is 6.47. The van der Waals surface area contributed by atoms with E-state index in [4.69, 9.17) is 9.47 Å². The van der Waals surface area contributed by atoms with Crippen LogP contribution in [-0.2, 0) is 11.3 Å². The molecular formula is C31H34N6O5. The van der Waals surface area contributed by atoms with Crippen LogP contribution in [0, 0.1) is 5.92 Å². The third-order valence-corrected chi connectivity index (χ3v) is 8.82. The molecule has 0 radical (unpaired) electrons. The highest BCUT2D eigenvalue weighted by Crippen LogP contribution is 2.34. The van der Waals surface area contributed by atoms with Crippen molar-refractivity contribution in [2.75, 3.05) is 39.4 Å². The first kappa shape index (κ1) is 26.7. The molecular weight excluding hydrogens is 536 g/mol. The predicted molar refractivity (Wildman–Crippen MR) is 155 cm³/mol. The Balaban J connectivity index is 1.05. The third-order valence-electron chi connectivity index (χ3n) is 8.82. The summed E-state index contributed by atoms with van der Waals surface area (Å²) in [7, 11) is 0. The molecule has 2 saturated heterocycles. The molecule has 11 heteroatoms. The Morgan fingerprint density at radius 1 is 1.07 bits per heavy atom. The van der Waals surface area contributed by atoms with Crippen LogP contribution in [0.15, 0.2) is 65.8 Å². The molecule has 1 amide bonds. The minimum atomic E-state index is -1.12. The van der Waals surface area contributed by atoms with Gasteiger partial charge in [-0.15, -0.1) is 0 Å². The lowest BCUT2D eigenvalue weighted by atomic mass is 9.80. The number of nitrogens with one attached hydrogen (secondary N) is 1. The molecule has 11 nitrogen and oxygen atoms in total. The largest absolute Gasteiger partial charge is 0.486 e. The van der Waals surface area contributed by atoms with Gasteiger partial charge in [0.05, 0.1) is 24.0 Å². The van der Waals surface area contributed by atoms with Gasteiger partial charge < -0.3 is 24.8 Å². The maximum Gasteiger partial charge on any atom is 0.264 e. The molecule has 3 aliphatic rings. The van der Waals surface area contributed by atoms with Crippen molar-refractivity contribution in [3.8, 4) is 17.2 Å². The van der Waals surface area contributed by atoms with Crippen molar-refractivity contribution in [2.24, 2.45) is 5.92 Å². The molecule has 3 aliphatic heterocycles. The number of benzene rings is 2. The van der Waals surface area contributed by atoms with Gasteiger partial charge in [0, 0.05) is 37.5 Å². The van der Waals surface area contributed by atoms with E-state index in [1.807, 2.05) is 41.3 Å². The molecule has 5 heterocycles. The number of likely N-dealkylation sites (tertiary alicyclic amines) is 1. The molecule has 218 valence electrons. The van der Waals surface area contributed by atoms with Gasteiger partial charge in [-0.3, -0.25) is 14.2 Å². The van der Waals surface area contributed by atoms with Crippen LogP contribution in [-0.4, -0.2) is 80.2 Å². The second-order valence-electron chi connectivity index (χ2n) is 11.5. The quantitative estimate of drug-likeness (QED) is 0.374. The van der Waals surface area contributed by atoms with Crippen molar-refractivity contribution in [3.05, 3.63) is 77.0 Å². The summed E-state index contributed by atoms with van der Waals surface area (Å²) in [4.78, 5) is 33.5. The number of nitrogens with zero attached hydrogens (tertiary/aromatic N) is 5. The van der Waals surface area contributed by atoms with Gasteiger partial charge in [-0.05, 0) is 43.5 Å². The normalized spacial score (nSPS) is 21.8. The van der Waals surface area contributed by atoms with E-state index in [-0.39, 0.29) is 29.8 Å². The van der Waals surface area contributed by atoms with Gasteiger partial charge in [0.15, 0.2) is 17.1 Å². The number of aliphatic hydroxyl groups is 1. The topological polar surface area (TPSA) is 124 Å². The SMILES string of the molecule is O=C([C@@H]1CCNC[C@H]1c1ccccc1)N1CCC(O)(Cn2cnc3c(cnn3-c3ccc4c(c3)OCCO4)c2=O)CC1. The fourth-order valence-corrected chi connectivity index (χ4v) is 6.47. The fraction of sp³-hybridized carbons (Fsp3) is 0.419. The van der Waals surface area contributed by atoms with Gasteiger partial charge in [0.2, 0.25) is 5.91 Å². The van der Waals surface area contributed by atoms with Crippen molar-refractivity contribution in [3.63, 3.8) is 0 Å². The lowest BCUT2D eigenvalue weighted by Gasteiger charge is -2.41. The van der Waals surface area contributed by atoms with Crippen molar-refractivity contribution >= 4 is 16.9 Å². The molecule has 2 N–H and O–H groups in total. The Morgan fingerprint density at radius 3 is 2.67 bits per heavy atom. The Labute approximate surface area is 242 Å². The number of carbonyl (C=O) groups excluding carboxylic acids is 1. The lowest BCUT2D eigenvalue weighted by Crippen LogP contribution is -2.52. The molecule has 2 aromatic heterocycles. The summed E-state index contributed by atoms with van der Waals surface area (Å²) >= 11 is 0. The van der Waals surface area contributed by atoms with Crippen LogP contribution in [0.3, 0.4) is 0 Å². The van der Waals surface area contributed by atoms with Crippen LogP contribution in [0.4, 0.5) is 0 Å². The molecule has 2 fully saturated rings. The highest BCUT2D eigenvalue weighted by atomic mass is 16.6. The zero-order valence-electron chi connectivity index (χ0n) is 23.3. The number of carbonyl (C=O) groups is 1. The summed E-state index contributed by atoms with van der Waals surface area (Å²) < 4.78 is 14.3. The van der Waals surface area contributed by atoms with Gasteiger partial charge in [0.1, 0.15) is 24.9 Å². The van der Waals surface area contributed by atoms with Gasteiger partial charge in [-0.1, -0.05) is 30.3 Å². The number of ether oxygens (including phenoxy) is 2. The second-order valence-corrected chi connectivity index (χ2v) is 11.5. The summed E-state index contributed by atoms with van der Waals surface area (Å²) in [6.07, 6.45) is 4.54. The van der Waals surface area contributed by atoms with Crippen LogP contribution >= 0.6 is 0 Å². The van der Waals surface area contributed by atoms with E-state index in [1.165, 1.54) is 22.7 Å². The number of hydrogen-bond donors (Lipinski definition) is 2. The number of piperidine rings is 2. The first-order valence-corrected chi connectivity index (χ1v) is 14.6. The van der Waals surface area contributed by atoms with Gasteiger partial charge in [0.25, 0.3) is 5.56 Å². The Bertz CT molecular complexity index is 1660. The highest BCUT2D eigenvalue weighted by Gasteiger charge is 2.39. The molecule has 0 unspecified atom stereocenters. The molecule has 0 spiro atoms. The van der Waals surface area contributed by atoms with Crippen LogP contribution in [0.5, 0.6) is 11.5 Å². The zero-order valence-corrected chi connectivity index (χ0v) is 23.3. The lowest BCUT2D eigenvalue weighted by molar-refractivity contribution is -0.141. The van der Waals surface area contributed by atoms with Crippen LogP contribution in [0.25, 0.3) is 16.7 Å². The molecule has 4 aromatic rings. The molecule has 42 heavy (non-hydrogen) atoms. The smallest absolute Gasteiger partial charge is 0.264 e. The average molecular weight is 571 g/mol. The van der Waals surface area contributed by atoms with Crippen LogP contribution < -0.4 is 20.3 Å². The minimum absolute atomic E-state index is 0.0835. The molecule has 0 aliphatic carbocycles. The summed E-state index contributed by atoms with van der Waals surface area (Å²) in [5.41, 5.74) is 0.926. The molecule has 2 atom stereocenters. The van der Waals surface area contributed by atoms with Crippen LogP contribution in [0.1, 0.15) is 30.7 Å². The second kappa shape index (κ2) is 10.9. The number of fused-ring (bicyclic) bond motifs is 2. The molecule has 0 bridgehead atoms. The monoisotopic (exact) mass is 570 g/mol. The van der Waals surface area contributed by atoms with Crippen LogP contribution in [0.2, 0.25) is 0 Å². The summed E-state index contributed by atoms with van der Waals surface area (Å²) in [5, 5.41) is 19.7. The molecule has 2 aromatic carbocycles. The Morgan fingerprint density at radius 2 is 1.86 bits per heavy atom. The van der Waals surface area contributed by atoms with Crippen molar-refractivity contribution < 1.29 is 19.4 Å². The number of rotatable bonds is 5. The van der Waals surface area contributed by atoms with Gasteiger partial charge >= 0.3 is 0 Å². The van der Waals surface area contributed by atoms with Crippen molar-refractivity contribution in [1.82, 2.24) is 29.5 Å². The zero-order chi connectivity index (χ0) is 28.7. The first-order chi connectivity index (χ1) is 20.5. The Hall–Kier alpha value is -4.22. The van der Waals surface area contributed by atoms with Gasteiger partial charge in [-0.25, -0.2) is 9.67 Å². The number of amides is 1. The van der Waals surface area contributed by atoms with E-state index in [1.54, 1.807) is 4.68 Å². The van der Waals surface area contributed by atoms with E-state index in [2.05, 4.69) is 27.5 Å². The number of hydrogen-bond acceptors (Lipinski definition) is 8. The van der Waals surface area contributed by atoms with E-state index in [9.17, 15) is 14.7 Å². The maximum atomic E-state index is 13.6. The summed E-state index contributed by atoms with van der Waals surface area (Å²) in [6, 6.07) is 15.7. The average Bonchev–Trinajstić information content (AvgIpc) is 3.48. The highest BCUT2D eigenvalue weighted by molar-refractivity contribution is 5.80. The first-order valence-electron chi connectivity index (χ1n) is 14.6. The summed E-state index contributed by atoms with van der Waals surface area (Å²) in [6.45, 7) is 3.58. The van der Waals surface area contributed by atoms with E-state index >= 15 is 0 Å². The standard InChI is InChI=1S/C31H34N6O5/c38-29(23-8-11-32-17-24(23)21-4-2-1-3-5-21)35-12-9-31(40,10-13-35)19-36-20-33-28-25(30(36)39)18-34-37(28)22-6-7-26-27(16-22)42-15-14-41-26/h1-7,16,18,20,23-24,32,40H,8-15,17,19H2/t23-,24+/m1/s1. The summed E-state index contributed by atoms with van der Waals surface area (Å²) in [5.74, 6) is 1.50.